The molecule has 7 heteroatoms. The van der Waals surface area contributed by atoms with Crippen molar-refractivity contribution in [1.82, 2.24) is 10.2 Å². The fraction of sp³-hybridized carbons (Fsp3) is 0.444. The first kappa shape index (κ1) is 20.7. The summed E-state index contributed by atoms with van der Waals surface area (Å²) in [5.41, 5.74) is -0.926. The lowest BCUT2D eigenvalue weighted by atomic mass is 10.1. The molecule has 0 fully saturated rings. The molecule has 0 radical (unpaired) electrons. The zero-order valence-electron chi connectivity index (χ0n) is 14.8. The summed E-state index contributed by atoms with van der Waals surface area (Å²) in [6, 6.07) is 4.68. The molecular formula is C18H23F3N2O2. The quantitative estimate of drug-likeness (QED) is 0.821. The smallest absolute Gasteiger partial charge is 0.350 e. The number of carbonyl (C=O) groups excluding carboxylic acids is 2. The minimum atomic E-state index is -4.44. The van der Waals surface area contributed by atoms with E-state index in [0.717, 1.165) is 12.1 Å². The van der Waals surface area contributed by atoms with Gasteiger partial charge in [0, 0.05) is 18.2 Å². The van der Waals surface area contributed by atoms with Gasteiger partial charge in [-0.2, -0.15) is 13.2 Å². The second kappa shape index (κ2) is 8.18. The summed E-state index contributed by atoms with van der Waals surface area (Å²) in [6.45, 7) is 7.41. The average Bonchev–Trinajstić information content (AvgIpc) is 2.48. The van der Waals surface area contributed by atoms with Crippen molar-refractivity contribution >= 4 is 17.9 Å². The van der Waals surface area contributed by atoms with E-state index in [1.165, 1.54) is 29.2 Å². The van der Waals surface area contributed by atoms with Gasteiger partial charge in [-0.3, -0.25) is 9.59 Å². The third-order valence-corrected chi connectivity index (χ3v) is 3.17. The first-order valence-corrected chi connectivity index (χ1v) is 7.87. The average molecular weight is 356 g/mol. The van der Waals surface area contributed by atoms with E-state index >= 15 is 0 Å². The van der Waals surface area contributed by atoms with Crippen LogP contribution in [0.25, 0.3) is 6.08 Å². The monoisotopic (exact) mass is 356 g/mol. The number of carbonyl (C=O) groups is 2. The SMILES string of the molecule is CCN(CC(=O)NC(C)(C)C)C(=O)C=Cc1cccc(C(F)(F)F)c1. The normalized spacial score (nSPS) is 12.3. The minimum Gasteiger partial charge on any atom is -0.350 e. The molecule has 0 heterocycles. The molecule has 0 bridgehead atoms. The van der Waals surface area contributed by atoms with Gasteiger partial charge in [0.25, 0.3) is 0 Å². The maximum atomic E-state index is 12.7. The van der Waals surface area contributed by atoms with Crippen molar-refractivity contribution in [3.63, 3.8) is 0 Å². The Balaban J connectivity index is 2.78. The Hall–Kier alpha value is -2.31. The predicted molar refractivity (Wildman–Crippen MR) is 90.6 cm³/mol. The van der Waals surface area contributed by atoms with Crippen molar-refractivity contribution in [2.45, 2.75) is 39.4 Å². The summed E-state index contributed by atoms with van der Waals surface area (Å²) >= 11 is 0. The second-order valence-electron chi connectivity index (χ2n) is 6.61. The Labute approximate surface area is 145 Å². The number of likely N-dealkylation sites (N-methyl/N-ethyl adjacent to an activating group) is 1. The van der Waals surface area contributed by atoms with Gasteiger partial charge in [-0.1, -0.05) is 12.1 Å². The van der Waals surface area contributed by atoms with E-state index in [4.69, 9.17) is 0 Å². The van der Waals surface area contributed by atoms with Crippen LogP contribution in [0.5, 0.6) is 0 Å². The molecule has 0 saturated heterocycles. The van der Waals surface area contributed by atoms with Crippen LogP contribution in [0.4, 0.5) is 13.2 Å². The highest BCUT2D eigenvalue weighted by Crippen LogP contribution is 2.29. The Morgan fingerprint density at radius 2 is 1.84 bits per heavy atom. The van der Waals surface area contributed by atoms with Crippen LogP contribution in [0.1, 0.15) is 38.8 Å². The zero-order valence-corrected chi connectivity index (χ0v) is 14.8. The van der Waals surface area contributed by atoms with Crippen LogP contribution in [0, 0.1) is 0 Å². The van der Waals surface area contributed by atoms with Crippen molar-refractivity contribution < 1.29 is 22.8 Å². The number of benzene rings is 1. The van der Waals surface area contributed by atoms with E-state index < -0.39 is 23.2 Å². The maximum Gasteiger partial charge on any atom is 0.416 e. The lowest BCUT2D eigenvalue weighted by Gasteiger charge is -2.24. The molecule has 0 aliphatic heterocycles. The third kappa shape index (κ3) is 7.41. The zero-order chi connectivity index (χ0) is 19.3. The third-order valence-electron chi connectivity index (χ3n) is 3.17. The molecule has 0 aromatic heterocycles. The lowest BCUT2D eigenvalue weighted by molar-refractivity contribution is -0.137. The largest absolute Gasteiger partial charge is 0.416 e. The number of nitrogens with zero attached hydrogens (tertiary/aromatic N) is 1. The van der Waals surface area contributed by atoms with Crippen molar-refractivity contribution in [2.24, 2.45) is 0 Å². The first-order valence-electron chi connectivity index (χ1n) is 7.87. The lowest BCUT2D eigenvalue weighted by Crippen LogP contribution is -2.47. The van der Waals surface area contributed by atoms with E-state index in [-0.39, 0.29) is 18.0 Å². The van der Waals surface area contributed by atoms with E-state index in [9.17, 15) is 22.8 Å². The second-order valence-corrected chi connectivity index (χ2v) is 6.61. The van der Waals surface area contributed by atoms with E-state index in [1.54, 1.807) is 6.92 Å². The molecule has 0 aliphatic rings. The Morgan fingerprint density at radius 3 is 2.36 bits per heavy atom. The molecule has 1 aromatic carbocycles. The summed E-state index contributed by atoms with van der Waals surface area (Å²) in [4.78, 5) is 25.4. The van der Waals surface area contributed by atoms with Gasteiger partial charge >= 0.3 is 6.18 Å². The van der Waals surface area contributed by atoms with E-state index in [2.05, 4.69) is 5.32 Å². The molecule has 0 unspecified atom stereocenters. The maximum absolute atomic E-state index is 12.7. The van der Waals surface area contributed by atoms with Crippen LogP contribution < -0.4 is 5.32 Å². The number of nitrogens with one attached hydrogen (secondary N) is 1. The molecule has 25 heavy (non-hydrogen) atoms. The van der Waals surface area contributed by atoms with Crippen LogP contribution in [0.2, 0.25) is 0 Å². The molecule has 0 saturated carbocycles. The number of amides is 2. The predicted octanol–water partition coefficient (Wildman–Crippen LogP) is 3.48. The summed E-state index contributed by atoms with van der Waals surface area (Å²) in [5.74, 6) is -0.737. The number of hydrogen-bond donors (Lipinski definition) is 1. The van der Waals surface area contributed by atoms with E-state index in [0.29, 0.717) is 6.54 Å². The highest BCUT2D eigenvalue weighted by molar-refractivity contribution is 5.94. The molecular weight excluding hydrogens is 333 g/mol. The number of alkyl halides is 3. The molecule has 0 atom stereocenters. The van der Waals surface area contributed by atoms with E-state index in [1.807, 2.05) is 20.8 Å². The Morgan fingerprint density at radius 1 is 1.20 bits per heavy atom. The van der Waals surface area contributed by atoms with Gasteiger partial charge < -0.3 is 10.2 Å². The molecule has 0 spiro atoms. The standard InChI is InChI=1S/C18H23F3N2O2/c1-5-23(12-15(24)22-17(2,3)4)16(25)10-9-13-7-6-8-14(11-13)18(19,20)21/h6-11H,5,12H2,1-4H3,(H,22,24). The first-order chi connectivity index (χ1) is 11.4. The van der Waals surface area contributed by atoms with Crippen LogP contribution in [0.3, 0.4) is 0 Å². The Bertz CT molecular complexity index is 646. The molecule has 1 N–H and O–H groups in total. The van der Waals surface area contributed by atoms with Crippen LogP contribution in [-0.2, 0) is 15.8 Å². The van der Waals surface area contributed by atoms with Gasteiger partial charge in [0.1, 0.15) is 0 Å². The molecule has 138 valence electrons. The van der Waals surface area contributed by atoms with Gasteiger partial charge in [0.2, 0.25) is 11.8 Å². The van der Waals surface area contributed by atoms with Gasteiger partial charge in [0.15, 0.2) is 0 Å². The van der Waals surface area contributed by atoms with Crippen molar-refractivity contribution in [1.29, 1.82) is 0 Å². The summed E-state index contributed by atoms with van der Waals surface area (Å²) in [6.07, 6.45) is -1.96. The Kier molecular flexibility index (Phi) is 6.78. The van der Waals surface area contributed by atoms with Gasteiger partial charge in [-0.15, -0.1) is 0 Å². The van der Waals surface area contributed by atoms with Gasteiger partial charge in [0.05, 0.1) is 12.1 Å². The fourth-order valence-corrected chi connectivity index (χ4v) is 2.07. The number of hydrogen-bond acceptors (Lipinski definition) is 2. The van der Waals surface area contributed by atoms with Crippen molar-refractivity contribution in [2.75, 3.05) is 13.1 Å². The molecule has 1 aromatic rings. The topological polar surface area (TPSA) is 49.4 Å². The summed E-state index contributed by atoms with van der Waals surface area (Å²) < 4.78 is 38.1. The highest BCUT2D eigenvalue weighted by Gasteiger charge is 2.30. The molecule has 4 nitrogen and oxygen atoms in total. The highest BCUT2D eigenvalue weighted by atomic mass is 19.4. The minimum absolute atomic E-state index is 0.112. The van der Waals surface area contributed by atoms with Crippen LogP contribution >= 0.6 is 0 Å². The van der Waals surface area contributed by atoms with Gasteiger partial charge in [-0.05, 0) is 51.5 Å². The van der Waals surface area contributed by atoms with Crippen molar-refractivity contribution in [3.8, 4) is 0 Å². The van der Waals surface area contributed by atoms with Crippen LogP contribution in [0.15, 0.2) is 30.3 Å². The molecule has 0 aliphatic carbocycles. The molecule has 2 amide bonds. The van der Waals surface area contributed by atoms with Crippen LogP contribution in [-0.4, -0.2) is 35.3 Å². The van der Waals surface area contributed by atoms with Gasteiger partial charge in [-0.25, -0.2) is 0 Å². The molecule has 1 rings (SSSR count). The summed E-state index contributed by atoms with van der Waals surface area (Å²) in [5, 5.41) is 2.75. The fourth-order valence-electron chi connectivity index (χ4n) is 2.07. The summed E-state index contributed by atoms with van der Waals surface area (Å²) in [7, 11) is 0. The number of rotatable bonds is 5. The van der Waals surface area contributed by atoms with Crippen molar-refractivity contribution in [3.05, 3.63) is 41.5 Å². The number of halogens is 3.